The summed E-state index contributed by atoms with van der Waals surface area (Å²) in [7, 11) is 0. The van der Waals surface area contributed by atoms with Crippen molar-refractivity contribution < 1.29 is 14.9 Å². The van der Waals surface area contributed by atoms with Crippen LogP contribution in [0.15, 0.2) is 34.9 Å². The van der Waals surface area contributed by atoms with Crippen LogP contribution in [0.3, 0.4) is 0 Å². The molecule has 3 heteroatoms. The number of hydrogen-bond donors (Lipinski definition) is 2. The summed E-state index contributed by atoms with van der Waals surface area (Å²) < 4.78 is 6.84. The van der Waals surface area contributed by atoms with Crippen molar-refractivity contribution in [3.63, 3.8) is 0 Å². The summed E-state index contributed by atoms with van der Waals surface area (Å²) in [5.74, 6) is 0. The lowest BCUT2D eigenvalue weighted by Gasteiger charge is -2.51. The van der Waals surface area contributed by atoms with Crippen LogP contribution in [0.5, 0.6) is 0 Å². The van der Waals surface area contributed by atoms with Crippen molar-refractivity contribution in [1.82, 2.24) is 0 Å². The highest BCUT2D eigenvalue weighted by Crippen LogP contribution is 2.50. The fourth-order valence-electron chi connectivity index (χ4n) is 5.01. The Morgan fingerprint density at radius 1 is 1.32 bits per heavy atom. The van der Waals surface area contributed by atoms with Gasteiger partial charge in [-0.15, -0.1) is 6.58 Å². The van der Waals surface area contributed by atoms with E-state index in [-0.39, 0.29) is 11.2 Å². The van der Waals surface area contributed by atoms with E-state index in [2.05, 4.69) is 27.4 Å². The van der Waals surface area contributed by atoms with E-state index in [1.54, 1.807) is 0 Å². The summed E-state index contributed by atoms with van der Waals surface area (Å²) in [5, 5.41) is 21.1. The summed E-state index contributed by atoms with van der Waals surface area (Å²) in [4.78, 5) is 0. The van der Waals surface area contributed by atoms with E-state index in [0.717, 1.165) is 63.4 Å². The first-order chi connectivity index (χ1) is 12.9. The predicted molar refractivity (Wildman–Crippen MR) is 117 cm³/mol. The highest BCUT2D eigenvalue weighted by atomic mass is 16.5. The molecule has 0 aromatic carbocycles. The predicted octanol–water partition coefficient (Wildman–Crippen LogP) is 6.01. The van der Waals surface area contributed by atoms with Gasteiger partial charge < -0.3 is 14.9 Å². The fourth-order valence-corrected chi connectivity index (χ4v) is 5.01. The Bertz CT molecular complexity index is 642. The maximum Gasteiger partial charge on any atom is 0.111 e. The molecule has 0 spiro atoms. The van der Waals surface area contributed by atoms with Gasteiger partial charge in [0.05, 0.1) is 17.3 Å². The molecule has 1 aliphatic heterocycles. The minimum absolute atomic E-state index is 0.190. The molecule has 2 N–H and O–H groups in total. The van der Waals surface area contributed by atoms with Crippen LogP contribution in [0, 0.1) is 0 Å². The quantitative estimate of drug-likeness (QED) is 0.474. The normalized spacial score (nSPS) is 32.6. The first-order valence-corrected chi connectivity index (χ1v) is 11.1. The Morgan fingerprint density at radius 3 is 2.57 bits per heavy atom. The number of fused-ring (bicyclic) bond motifs is 1. The minimum Gasteiger partial charge on any atom is -0.390 e. The van der Waals surface area contributed by atoms with Gasteiger partial charge in [-0.05, 0) is 115 Å². The van der Waals surface area contributed by atoms with Gasteiger partial charge in [0.1, 0.15) is 5.60 Å². The van der Waals surface area contributed by atoms with Gasteiger partial charge >= 0.3 is 0 Å². The first kappa shape index (κ1) is 23.4. The Balaban J connectivity index is 2.00. The van der Waals surface area contributed by atoms with Crippen LogP contribution in [0.4, 0.5) is 0 Å². The van der Waals surface area contributed by atoms with Crippen molar-refractivity contribution in [2.75, 3.05) is 0 Å². The minimum atomic E-state index is -0.616. The Labute approximate surface area is 172 Å². The van der Waals surface area contributed by atoms with Crippen LogP contribution in [-0.4, -0.2) is 33.1 Å². The molecule has 0 amide bonds. The second-order valence-electron chi connectivity index (χ2n) is 9.84. The molecule has 0 aromatic rings. The summed E-state index contributed by atoms with van der Waals surface area (Å²) in [5.41, 5.74) is 3.47. The second kappa shape index (κ2) is 8.85. The molecule has 1 saturated heterocycles. The third-order valence-corrected chi connectivity index (χ3v) is 7.10. The number of hydrogen-bond acceptors (Lipinski definition) is 3. The maximum atomic E-state index is 10.7. The van der Waals surface area contributed by atoms with Crippen LogP contribution in [0.2, 0.25) is 0 Å². The second-order valence-corrected chi connectivity index (χ2v) is 9.84. The van der Waals surface area contributed by atoms with Gasteiger partial charge in [-0.3, -0.25) is 0 Å². The van der Waals surface area contributed by atoms with Crippen molar-refractivity contribution in [2.24, 2.45) is 0 Å². The Hall–Kier alpha value is -0.900. The summed E-state index contributed by atoms with van der Waals surface area (Å²) in [6.07, 6.45) is 9.89. The van der Waals surface area contributed by atoms with Crippen LogP contribution in [0.1, 0.15) is 99.3 Å². The zero-order chi connectivity index (χ0) is 21.2. The molecule has 160 valence electrons. The molecular weight excluding hydrogens is 348 g/mol. The van der Waals surface area contributed by atoms with Gasteiger partial charge in [0.25, 0.3) is 0 Å². The van der Waals surface area contributed by atoms with E-state index in [1.807, 2.05) is 26.8 Å². The number of allylic oxidation sites excluding steroid dienone is 1. The van der Waals surface area contributed by atoms with Gasteiger partial charge in [0, 0.05) is 0 Å². The van der Waals surface area contributed by atoms with Crippen molar-refractivity contribution in [1.29, 1.82) is 0 Å². The standard InChI is InChI=1S/C25H42O3/c1-8-25-20(5)19(4)22(26)17-21(25)12-16-24(7,28-25)15-10-14-23(6,27)13-9-11-18(2)3/h17,22,26-27H,2,8-16H2,1,3-7H3. The molecular formula is C25H42O3. The molecule has 0 bridgehead atoms. The number of aliphatic hydroxyl groups is 2. The van der Waals surface area contributed by atoms with Crippen molar-refractivity contribution >= 4 is 0 Å². The molecule has 0 aromatic heterocycles. The third-order valence-electron chi connectivity index (χ3n) is 7.10. The molecule has 0 saturated carbocycles. The van der Waals surface area contributed by atoms with Gasteiger partial charge in [0.2, 0.25) is 0 Å². The molecule has 4 unspecified atom stereocenters. The first-order valence-electron chi connectivity index (χ1n) is 11.1. The third kappa shape index (κ3) is 5.17. The lowest BCUT2D eigenvalue weighted by atomic mass is 9.70. The lowest BCUT2D eigenvalue weighted by molar-refractivity contribution is -0.145. The fraction of sp³-hybridized carbons (Fsp3) is 0.760. The monoisotopic (exact) mass is 390 g/mol. The highest BCUT2D eigenvalue weighted by Gasteiger charge is 2.48. The SMILES string of the molecule is C=C(C)CCCC(C)(O)CCCC1(C)CCC2=CC(O)C(C)=C(C)C2(CC)O1. The lowest BCUT2D eigenvalue weighted by Crippen LogP contribution is -2.51. The topological polar surface area (TPSA) is 49.7 Å². The molecule has 2 rings (SSSR count). The molecule has 3 nitrogen and oxygen atoms in total. The average Bonchev–Trinajstić information content (AvgIpc) is 2.60. The Kier molecular flexibility index (Phi) is 7.39. The van der Waals surface area contributed by atoms with E-state index in [4.69, 9.17) is 4.74 Å². The van der Waals surface area contributed by atoms with Crippen LogP contribution in [-0.2, 0) is 4.74 Å². The van der Waals surface area contributed by atoms with E-state index in [1.165, 1.54) is 16.7 Å². The average molecular weight is 391 g/mol. The van der Waals surface area contributed by atoms with Gasteiger partial charge in [-0.2, -0.15) is 0 Å². The van der Waals surface area contributed by atoms with E-state index in [9.17, 15) is 10.2 Å². The van der Waals surface area contributed by atoms with E-state index >= 15 is 0 Å². The summed E-state index contributed by atoms with van der Waals surface area (Å²) in [6.45, 7) is 16.5. The van der Waals surface area contributed by atoms with E-state index < -0.39 is 11.7 Å². The van der Waals surface area contributed by atoms with Gasteiger partial charge in [-0.1, -0.05) is 12.5 Å². The number of rotatable bonds is 9. The maximum absolute atomic E-state index is 10.7. The van der Waals surface area contributed by atoms with Gasteiger partial charge in [-0.25, -0.2) is 0 Å². The van der Waals surface area contributed by atoms with Crippen molar-refractivity contribution in [2.45, 2.75) is 122 Å². The molecule has 1 fully saturated rings. The molecule has 1 heterocycles. The van der Waals surface area contributed by atoms with Crippen LogP contribution < -0.4 is 0 Å². The highest BCUT2D eigenvalue weighted by molar-refractivity contribution is 5.44. The number of ether oxygens (including phenoxy) is 1. The van der Waals surface area contributed by atoms with E-state index in [0.29, 0.717) is 0 Å². The summed E-state index contributed by atoms with van der Waals surface area (Å²) >= 11 is 0. The van der Waals surface area contributed by atoms with Gasteiger partial charge in [0.15, 0.2) is 0 Å². The van der Waals surface area contributed by atoms with Crippen LogP contribution >= 0.6 is 0 Å². The molecule has 4 atom stereocenters. The Morgan fingerprint density at radius 2 is 1.96 bits per heavy atom. The van der Waals surface area contributed by atoms with Crippen molar-refractivity contribution in [3.05, 3.63) is 34.9 Å². The largest absolute Gasteiger partial charge is 0.390 e. The zero-order valence-corrected chi connectivity index (χ0v) is 19.0. The zero-order valence-electron chi connectivity index (χ0n) is 19.0. The molecule has 0 radical (unpaired) electrons. The molecule has 2 aliphatic rings. The molecule has 28 heavy (non-hydrogen) atoms. The number of aliphatic hydroxyl groups excluding tert-OH is 1. The van der Waals surface area contributed by atoms with Crippen molar-refractivity contribution in [3.8, 4) is 0 Å². The summed E-state index contributed by atoms with van der Waals surface area (Å²) in [6, 6.07) is 0. The molecule has 1 aliphatic carbocycles. The smallest absolute Gasteiger partial charge is 0.111 e. The van der Waals surface area contributed by atoms with Crippen LogP contribution in [0.25, 0.3) is 0 Å².